The Hall–Kier alpha value is -3.28. The van der Waals surface area contributed by atoms with Gasteiger partial charge in [0, 0.05) is 24.8 Å². The molecular weight excluding hydrogens is 340 g/mol. The van der Waals surface area contributed by atoms with Crippen molar-refractivity contribution in [2.75, 3.05) is 24.9 Å². The number of ether oxygens (including phenoxy) is 2. The van der Waals surface area contributed by atoms with Crippen LogP contribution in [0.1, 0.15) is 16.8 Å². The number of nitrogens with one attached hydrogen (secondary N) is 2. The second kappa shape index (κ2) is 8.89. The number of hydrogen-bond acceptors (Lipinski definition) is 6. The Morgan fingerprint density at radius 3 is 1.78 bits per heavy atom. The summed E-state index contributed by atoms with van der Waals surface area (Å²) in [5, 5.41) is 6.62. The largest absolute Gasteiger partial charge is 0.497 e. The van der Waals surface area contributed by atoms with Gasteiger partial charge in [0.25, 0.3) is 0 Å². The van der Waals surface area contributed by atoms with E-state index < -0.39 is 0 Å². The Kier molecular flexibility index (Phi) is 6.10. The fourth-order valence-electron chi connectivity index (χ4n) is 2.60. The van der Waals surface area contributed by atoms with E-state index in [1.165, 1.54) is 0 Å². The second-order valence-electron chi connectivity index (χ2n) is 6.12. The Bertz CT molecular complexity index is 795. The van der Waals surface area contributed by atoms with Crippen LogP contribution in [0.2, 0.25) is 0 Å². The molecule has 2 aromatic carbocycles. The number of aromatic nitrogens is 2. The molecule has 6 heteroatoms. The lowest BCUT2D eigenvalue weighted by Gasteiger charge is -2.11. The van der Waals surface area contributed by atoms with Gasteiger partial charge >= 0.3 is 0 Å². The van der Waals surface area contributed by atoms with Gasteiger partial charge in [-0.1, -0.05) is 24.3 Å². The highest BCUT2D eigenvalue weighted by Gasteiger charge is 2.03. The predicted molar refractivity (Wildman–Crippen MR) is 107 cm³/mol. The van der Waals surface area contributed by atoms with Crippen LogP contribution < -0.4 is 20.1 Å². The molecule has 2 N–H and O–H groups in total. The minimum absolute atomic E-state index is 0.600. The van der Waals surface area contributed by atoms with Crippen molar-refractivity contribution in [2.24, 2.45) is 0 Å². The average Bonchev–Trinajstić information content (AvgIpc) is 2.71. The number of rotatable bonds is 8. The van der Waals surface area contributed by atoms with Crippen molar-refractivity contribution in [1.82, 2.24) is 9.97 Å². The van der Waals surface area contributed by atoms with Gasteiger partial charge in [-0.2, -0.15) is 4.98 Å². The van der Waals surface area contributed by atoms with Crippen molar-refractivity contribution in [3.8, 4) is 11.5 Å². The van der Waals surface area contributed by atoms with Crippen molar-refractivity contribution in [2.45, 2.75) is 20.0 Å². The Morgan fingerprint density at radius 1 is 0.741 bits per heavy atom. The molecule has 1 aromatic heterocycles. The van der Waals surface area contributed by atoms with E-state index >= 15 is 0 Å². The summed E-state index contributed by atoms with van der Waals surface area (Å²) in [6.07, 6.45) is 0. The molecule has 3 rings (SSSR count). The average molecular weight is 364 g/mol. The fraction of sp³-hybridized carbons (Fsp3) is 0.238. The zero-order valence-corrected chi connectivity index (χ0v) is 15.8. The molecule has 0 atom stereocenters. The fourth-order valence-corrected chi connectivity index (χ4v) is 2.60. The number of nitrogens with zero attached hydrogens (tertiary/aromatic N) is 2. The zero-order chi connectivity index (χ0) is 19.1. The Balaban J connectivity index is 1.60. The van der Waals surface area contributed by atoms with Crippen molar-refractivity contribution in [3.05, 3.63) is 71.4 Å². The van der Waals surface area contributed by atoms with Crippen LogP contribution in [0.3, 0.4) is 0 Å². The lowest BCUT2D eigenvalue weighted by molar-refractivity contribution is 0.414. The van der Waals surface area contributed by atoms with E-state index in [-0.39, 0.29) is 0 Å². The van der Waals surface area contributed by atoms with Gasteiger partial charge in [-0.3, -0.25) is 0 Å². The van der Waals surface area contributed by atoms with Crippen LogP contribution in [-0.2, 0) is 13.1 Å². The molecule has 0 saturated carbocycles. The molecular formula is C21H24N4O2. The molecule has 0 unspecified atom stereocenters. The zero-order valence-electron chi connectivity index (χ0n) is 15.8. The van der Waals surface area contributed by atoms with Gasteiger partial charge in [0.05, 0.1) is 14.2 Å². The Morgan fingerprint density at radius 2 is 1.26 bits per heavy atom. The van der Waals surface area contributed by atoms with Crippen LogP contribution >= 0.6 is 0 Å². The number of aryl methyl sites for hydroxylation is 1. The molecule has 0 spiro atoms. The minimum atomic E-state index is 0.600. The van der Waals surface area contributed by atoms with Crippen molar-refractivity contribution >= 4 is 11.8 Å². The molecule has 0 aliphatic carbocycles. The standard InChI is InChI=1S/C21H24N4O2/c1-15-12-20(22-13-16-4-8-18(26-2)9-5-16)25-21(24-15)23-14-17-6-10-19(27-3)11-7-17/h4-12H,13-14H2,1-3H3,(H2,22,23,24,25). The van der Waals surface area contributed by atoms with Gasteiger partial charge in [-0.25, -0.2) is 4.98 Å². The molecule has 27 heavy (non-hydrogen) atoms. The maximum absolute atomic E-state index is 5.18. The monoisotopic (exact) mass is 364 g/mol. The number of methoxy groups -OCH3 is 2. The molecule has 0 aliphatic heterocycles. The molecule has 6 nitrogen and oxygen atoms in total. The molecule has 0 fully saturated rings. The van der Waals surface area contributed by atoms with E-state index in [1.807, 2.05) is 61.5 Å². The SMILES string of the molecule is COc1ccc(CNc2cc(C)nc(NCc3ccc(OC)cc3)n2)cc1. The van der Waals surface area contributed by atoms with Gasteiger partial charge < -0.3 is 20.1 Å². The maximum Gasteiger partial charge on any atom is 0.225 e. The summed E-state index contributed by atoms with van der Waals surface area (Å²) in [7, 11) is 3.33. The van der Waals surface area contributed by atoms with Crippen molar-refractivity contribution in [3.63, 3.8) is 0 Å². The second-order valence-corrected chi connectivity index (χ2v) is 6.12. The van der Waals surface area contributed by atoms with Crippen molar-refractivity contribution < 1.29 is 9.47 Å². The summed E-state index contributed by atoms with van der Waals surface area (Å²) in [6.45, 7) is 3.28. The van der Waals surface area contributed by atoms with Crippen molar-refractivity contribution in [1.29, 1.82) is 0 Å². The minimum Gasteiger partial charge on any atom is -0.497 e. The quantitative estimate of drug-likeness (QED) is 0.629. The molecule has 140 valence electrons. The molecule has 0 bridgehead atoms. The first-order valence-electron chi connectivity index (χ1n) is 8.75. The van der Waals surface area contributed by atoms with E-state index in [1.54, 1.807) is 14.2 Å². The highest BCUT2D eigenvalue weighted by atomic mass is 16.5. The first-order valence-corrected chi connectivity index (χ1v) is 8.75. The summed E-state index contributed by atoms with van der Waals surface area (Å²) in [6, 6.07) is 17.8. The molecule has 3 aromatic rings. The van der Waals surface area contributed by atoms with Crippen LogP contribution in [0.4, 0.5) is 11.8 Å². The maximum atomic E-state index is 5.18. The van der Waals surface area contributed by atoms with Gasteiger partial charge in [0.2, 0.25) is 5.95 Å². The molecule has 1 heterocycles. The lowest BCUT2D eigenvalue weighted by Crippen LogP contribution is -2.08. The van der Waals surface area contributed by atoms with Crippen LogP contribution in [0.15, 0.2) is 54.6 Å². The van der Waals surface area contributed by atoms with E-state index in [9.17, 15) is 0 Å². The smallest absolute Gasteiger partial charge is 0.225 e. The van der Waals surface area contributed by atoms with Gasteiger partial charge in [-0.15, -0.1) is 0 Å². The van der Waals surface area contributed by atoms with Crippen LogP contribution in [0.5, 0.6) is 11.5 Å². The Labute approximate surface area is 159 Å². The van der Waals surface area contributed by atoms with E-state index in [0.29, 0.717) is 19.0 Å². The third-order valence-corrected chi connectivity index (χ3v) is 4.10. The van der Waals surface area contributed by atoms with Gasteiger partial charge in [0.15, 0.2) is 0 Å². The highest BCUT2D eigenvalue weighted by Crippen LogP contribution is 2.16. The van der Waals surface area contributed by atoms with Crippen LogP contribution in [0.25, 0.3) is 0 Å². The molecule has 0 radical (unpaired) electrons. The topological polar surface area (TPSA) is 68.3 Å². The summed E-state index contributed by atoms with van der Waals surface area (Å²) >= 11 is 0. The summed E-state index contributed by atoms with van der Waals surface area (Å²) in [5.74, 6) is 3.08. The number of benzene rings is 2. The summed E-state index contributed by atoms with van der Waals surface area (Å²) < 4.78 is 10.4. The van der Waals surface area contributed by atoms with E-state index in [0.717, 1.165) is 34.1 Å². The lowest BCUT2D eigenvalue weighted by atomic mass is 10.2. The van der Waals surface area contributed by atoms with Crippen LogP contribution in [-0.4, -0.2) is 24.2 Å². The van der Waals surface area contributed by atoms with E-state index in [2.05, 4.69) is 20.6 Å². The predicted octanol–water partition coefficient (Wildman–Crippen LogP) is 4.03. The summed E-state index contributed by atoms with van der Waals surface area (Å²) in [5.41, 5.74) is 3.19. The number of hydrogen-bond donors (Lipinski definition) is 2. The highest BCUT2D eigenvalue weighted by molar-refractivity contribution is 5.43. The van der Waals surface area contributed by atoms with Gasteiger partial charge in [0.1, 0.15) is 17.3 Å². The third-order valence-electron chi connectivity index (χ3n) is 4.10. The molecule has 0 amide bonds. The molecule has 0 saturated heterocycles. The first kappa shape index (κ1) is 18.5. The van der Waals surface area contributed by atoms with E-state index in [4.69, 9.17) is 9.47 Å². The third kappa shape index (κ3) is 5.34. The van der Waals surface area contributed by atoms with Gasteiger partial charge in [-0.05, 0) is 42.3 Å². The van der Waals surface area contributed by atoms with Crippen LogP contribution in [0, 0.1) is 6.92 Å². The number of anilines is 2. The summed E-state index contributed by atoms with van der Waals surface area (Å²) in [4.78, 5) is 9.01. The first-order chi connectivity index (χ1) is 13.2. The normalized spacial score (nSPS) is 10.3. The molecule has 0 aliphatic rings.